The second kappa shape index (κ2) is 10.8. The number of carboxylic acid groups (broad SMARTS) is 1. The Kier molecular flexibility index (Phi) is 8.41. The van der Waals surface area contributed by atoms with Gasteiger partial charge in [-0.2, -0.15) is 0 Å². The van der Waals surface area contributed by atoms with E-state index in [1.807, 2.05) is 13.8 Å². The number of carbonyl (C=O) groups is 4. The van der Waals surface area contributed by atoms with Gasteiger partial charge in [-0.1, -0.05) is 39.8 Å². The average molecular weight is 434 g/mol. The first kappa shape index (κ1) is 24.2. The molecule has 3 atom stereocenters. The van der Waals surface area contributed by atoms with E-state index < -0.39 is 36.3 Å². The van der Waals surface area contributed by atoms with Crippen LogP contribution in [0.3, 0.4) is 0 Å². The number of aliphatic carboxylic acids is 1. The SMILES string of the molecule is CC(C)C[C@@H]1COc2ccccc2C(=O)N[C@H](C(=O)O)CC(=O)N[C@H](C(C)C)C(=O)N1. The molecule has 4 N–H and O–H groups in total. The van der Waals surface area contributed by atoms with Crippen LogP contribution in [0.15, 0.2) is 24.3 Å². The minimum absolute atomic E-state index is 0.120. The number of nitrogens with one attached hydrogen (secondary N) is 3. The van der Waals surface area contributed by atoms with Gasteiger partial charge in [-0.25, -0.2) is 4.79 Å². The number of benzene rings is 1. The molecule has 0 aliphatic carbocycles. The largest absolute Gasteiger partial charge is 0.491 e. The molecule has 31 heavy (non-hydrogen) atoms. The molecule has 1 heterocycles. The van der Waals surface area contributed by atoms with Crippen LogP contribution in [0.25, 0.3) is 0 Å². The molecule has 9 nitrogen and oxygen atoms in total. The maximum Gasteiger partial charge on any atom is 0.326 e. The van der Waals surface area contributed by atoms with Gasteiger partial charge in [-0.15, -0.1) is 0 Å². The van der Waals surface area contributed by atoms with Crippen molar-refractivity contribution in [2.24, 2.45) is 11.8 Å². The van der Waals surface area contributed by atoms with Gasteiger partial charge in [0.1, 0.15) is 24.4 Å². The lowest BCUT2D eigenvalue weighted by Crippen LogP contribution is -2.54. The minimum atomic E-state index is -1.45. The molecule has 0 radical (unpaired) electrons. The highest BCUT2D eigenvalue weighted by Gasteiger charge is 2.31. The third-order valence-corrected chi connectivity index (χ3v) is 4.93. The first-order valence-electron chi connectivity index (χ1n) is 10.4. The standard InChI is InChI=1S/C22H31N3O6/c1-12(2)9-14-11-31-17-8-6-5-7-15(17)20(27)24-16(22(29)30)10-18(26)25-19(13(3)4)21(28)23-14/h5-8,12-14,16,19H,9-11H2,1-4H3,(H,23,28)(H,24,27)(H,25,26)(H,29,30)/t14-,16+,19-/m1/s1. The molecule has 9 heteroatoms. The van der Waals surface area contributed by atoms with Gasteiger partial charge in [0.05, 0.1) is 18.0 Å². The highest BCUT2D eigenvalue weighted by Crippen LogP contribution is 2.20. The van der Waals surface area contributed by atoms with Crippen molar-refractivity contribution in [3.8, 4) is 5.75 Å². The highest BCUT2D eigenvalue weighted by molar-refractivity contribution is 6.00. The van der Waals surface area contributed by atoms with Gasteiger partial charge < -0.3 is 25.8 Å². The van der Waals surface area contributed by atoms with Crippen LogP contribution in [0, 0.1) is 11.8 Å². The predicted molar refractivity (Wildman–Crippen MR) is 114 cm³/mol. The quantitative estimate of drug-likeness (QED) is 0.566. The van der Waals surface area contributed by atoms with Gasteiger partial charge in [-0.05, 0) is 30.4 Å². The summed E-state index contributed by atoms with van der Waals surface area (Å²) < 4.78 is 5.87. The van der Waals surface area contributed by atoms with Crippen molar-refractivity contribution >= 4 is 23.7 Å². The monoisotopic (exact) mass is 433 g/mol. The Labute approximate surface area is 181 Å². The Morgan fingerprint density at radius 1 is 1.10 bits per heavy atom. The molecule has 1 aliphatic rings. The van der Waals surface area contributed by atoms with Crippen LogP contribution in [0.5, 0.6) is 5.75 Å². The molecule has 1 aromatic carbocycles. The summed E-state index contributed by atoms with van der Waals surface area (Å²) >= 11 is 0. The van der Waals surface area contributed by atoms with E-state index >= 15 is 0 Å². The van der Waals surface area contributed by atoms with Crippen molar-refractivity contribution < 1.29 is 29.0 Å². The number of hydrogen-bond acceptors (Lipinski definition) is 5. The van der Waals surface area contributed by atoms with Crippen LogP contribution in [0.2, 0.25) is 0 Å². The first-order chi connectivity index (χ1) is 14.6. The van der Waals surface area contributed by atoms with E-state index in [1.165, 1.54) is 6.07 Å². The lowest BCUT2D eigenvalue weighted by Gasteiger charge is -2.28. The number of rotatable bonds is 4. The van der Waals surface area contributed by atoms with Crippen LogP contribution < -0.4 is 20.7 Å². The lowest BCUT2D eigenvalue weighted by molar-refractivity contribution is -0.141. The maximum atomic E-state index is 12.9. The minimum Gasteiger partial charge on any atom is -0.491 e. The molecule has 0 fully saturated rings. The molecule has 2 rings (SSSR count). The molecule has 1 aliphatic heterocycles. The van der Waals surface area contributed by atoms with Crippen LogP contribution >= 0.6 is 0 Å². The van der Waals surface area contributed by atoms with Crippen molar-refractivity contribution in [1.82, 2.24) is 16.0 Å². The van der Waals surface area contributed by atoms with E-state index in [4.69, 9.17) is 4.74 Å². The fourth-order valence-electron chi connectivity index (χ4n) is 3.39. The zero-order valence-electron chi connectivity index (χ0n) is 18.3. The van der Waals surface area contributed by atoms with Crippen molar-refractivity contribution in [2.45, 2.75) is 58.7 Å². The van der Waals surface area contributed by atoms with Crippen LogP contribution in [-0.4, -0.2) is 53.5 Å². The lowest BCUT2D eigenvalue weighted by atomic mass is 10.00. The second-order valence-electron chi connectivity index (χ2n) is 8.50. The molecule has 0 saturated carbocycles. The Bertz CT molecular complexity index is 823. The summed E-state index contributed by atoms with van der Waals surface area (Å²) in [6.07, 6.45) is 0.135. The summed E-state index contributed by atoms with van der Waals surface area (Å²) in [6, 6.07) is 3.82. The van der Waals surface area contributed by atoms with Crippen molar-refractivity contribution in [2.75, 3.05) is 6.61 Å². The summed E-state index contributed by atoms with van der Waals surface area (Å²) in [4.78, 5) is 49.8. The highest BCUT2D eigenvalue weighted by atomic mass is 16.5. The maximum absolute atomic E-state index is 12.9. The first-order valence-corrected chi connectivity index (χ1v) is 10.4. The van der Waals surface area contributed by atoms with E-state index in [0.29, 0.717) is 6.42 Å². The number of amides is 3. The van der Waals surface area contributed by atoms with Gasteiger partial charge in [-0.3, -0.25) is 14.4 Å². The fourth-order valence-corrected chi connectivity index (χ4v) is 3.39. The van der Waals surface area contributed by atoms with Crippen molar-refractivity contribution in [3.63, 3.8) is 0 Å². The second-order valence-corrected chi connectivity index (χ2v) is 8.50. The van der Waals surface area contributed by atoms with E-state index in [2.05, 4.69) is 16.0 Å². The number of fused-ring (bicyclic) bond motifs is 1. The molecule has 0 saturated heterocycles. The molecule has 3 amide bonds. The fraction of sp³-hybridized carbons (Fsp3) is 0.545. The van der Waals surface area contributed by atoms with Gasteiger partial charge >= 0.3 is 5.97 Å². The number of carbonyl (C=O) groups excluding carboxylic acids is 3. The van der Waals surface area contributed by atoms with Gasteiger partial charge in [0.2, 0.25) is 11.8 Å². The Hall–Kier alpha value is -3.10. The van der Waals surface area contributed by atoms with Gasteiger partial charge in [0.25, 0.3) is 5.91 Å². The number of ether oxygens (including phenoxy) is 1. The predicted octanol–water partition coefficient (Wildman–Crippen LogP) is 1.32. The van der Waals surface area contributed by atoms with E-state index in [0.717, 1.165) is 0 Å². The topological polar surface area (TPSA) is 134 Å². The van der Waals surface area contributed by atoms with Crippen LogP contribution in [0.1, 0.15) is 50.9 Å². The third kappa shape index (κ3) is 6.97. The Morgan fingerprint density at radius 2 is 1.77 bits per heavy atom. The van der Waals surface area contributed by atoms with Gasteiger partial charge in [0, 0.05) is 0 Å². The molecular weight excluding hydrogens is 402 g/mol. The van der Waals surface area contributed by atoms with Gasteiger partial charge in [0.15, 0.2) is 0 Å². The number of carboxylic acids is 1. The summed E-state index contributed by atoms with van der Waals surface area (Å²) in [6.45, 7) is 7.73. The van der Waals surface area contributed by atoms with Crippen LogP contribution in [-0.2, 0) is 14.4 Å². The zero-order chi connectivity index (χ0) is 23.1. The number of para-hydroxylation sites is 1. The third-order valence-electron chi connectivity index (χ3n) is 4.93. The van der Waals surface area contributed by atoms with E-state index in [9.17, 15) is 24.3 Å². The Balaban J connectivity index is 2.41. The molecule has 0 unspecified atom stereocenters. The Morgan fingerprint density at radius 3 is 2.39 bits per heavy atom. The summed E-state index contributed by atoms with van der Waals surface area (Å²) in [5.41, 5.74) is 0.154. The zero-order valence-corrected chi connectivity index (χ0v) is 18.3. The molecular formula is C22H31N3O6. The molecule has 0 aromatic heterocycles. The van der Waals surface area contributed by atoms with Crippen LogP contribution in [0.4, 0.5) is 0 Å². The van der Waals surface area contributed by atoms with Crippen molar-refractivity contribution in [3.05, 3.63) is 29.8 Å². The average Bonchev–Trinajstić information content (AvgIpc) is 2.68. The van der Waals surface area contributed by atoms with E-state index in [-0.39, 0.29) is 41.7 Å². The molecule has 1 aromatic rings. The summed E-state index contributed by atoms with van der Waals surface area (Å²) in [5, 5.41) is 17.4. The van der Waals surface area contributed by atoms with Crippen molar-refractivity contribution in [1.29, 1.82) is 0 Å². The number of hydrogen-bond donors (Lipinski definition) is 4. The normalized spacial score (nSPS) is 23.2. The summed E-state index contributed by atoms with van der Waals surface area (Å²) in [7, 11) is 0. The van der Waals surface area contributed by atoms with E-state index in [1.54, 1.807) is 32.0 Å². The molecule has 170 valence electrons. The molecule has 0 bridgehead atoms. The molecule has 0 spiro atoms. The smallest absolute Gasteiger partial charge is 0.326 e. The summed E-state index contributed by atoms with van der Waals surface area (Å²) in [5.74, 6) is -2.68.